The molecule has 33 heteroatoms. The number of guanidine groups is 2. The van der Waals surface area contributed by atoms with Crippen LogP contribution in [0.1, 0.15) is 85.1 Å². The van der Waals surface area contributed by atoms with Crippen LogP contribution in [0, 0.1) is 22.7 Å². The van der Waals surface area contributed by atoms with Gasteiger partial charge in [-0.3, -0.25) is 58.8 Å². The quantitative estimate of drug-likeness (QED) is 0.0167. The number of amides is 10. The number of carboxylic acid groups (broad SMARTS) is 1. The maximum Gasteiger partial charge on any atom is 0.326 e. The number of carbonyl (C=O) groups is 11. The molecule has 1 aromatic carbocycles. The highest BCUT2D eigenvalue weighted by Crippen LogP contribution is 2.21. The average molecular weight is 1210 g/mol. The molecule has 0 spiro atoms. The fraction of sp³-hybridized carbons (Fsp3) is 0.635. The SMILES string of the molecule is CC(C)C[C@H](NC(=O)[C@@H](NC(=O)[C@H](CO)NC(=O)[C@@H]1CCCN1C(=O)[C@H](Cc1ccccc1)NC(=O)CNC(=O)[C@H](CCCNC(=N)N)NC(=O)[C@@H](NC(=O)[C@H](CO)NC(=O)[C@@H](N)CO)[C@@H](C)O)C(C)C)C(=O)N[C@@H](CCCNC(=N)N)C(=O)O. The Hall–Kier alpha value is -8.27. The van der Waals surface area contributed by atoms with Gasteiger partial charge in [0.25, 0.3) is 0 Å². The number of nitrogens with one attached hydrogen (secondary N) is 13. The van der Waals surface area contributed by atoms with Gasteiger partial charge in [-0.2, -0.15) is 0 Å². The van der Waals surface area contributed by atoms with Crippen molar-refractivity contribution in [3.63, 3.8) is 0 Å². The molecule has 0 aliphatic carbocycles. The summed E-state index contributed by atoms with van der Waals surface area (Å²) < 4.78 is 0. The van der Waals surface area contributed by atoms with Crippen LogP contribution in [0.3, 0.4) is 0 Å². The summed E-state index contributed by atoms with van der Waals surface area (Å²) in [5.74, 6) is -12.3. The van der Waals surface area contributed by atoms with Crippen molar-refractivity contribution in [2.75, 3.05) is 46.0 Å². The zero-order chi connectivity index (χ0) is 64.1. The van der Waals surface area contributed by atoms with Crippen LogP contribution in [0.15, 0.2) is 30.3 Å². The standard InChI is InChI=1S/C52H87N17O16/c1-26(2)20-33(43(77)63-32(50(84)85)15-10-18-59-52(56)57)64-47(81)39(27(3)4)67-44(78)36(25-72)66-46(80)37-16-11-19-69(37)49(83)34(21-29-12-7-6-8-13-29)61-38(74)22-60-42(76)31(14-9-17-58-51(54)55)62-48(82)40(28(5)73)68-45(79)35(24-71)65-41(75)30(53)23-70/h6-8,12-13,26-28,30-37,39-40,70-73H,9-11,14-25,53H2,1-5H3,(H,60,76)(H,61,74)(H,62,82)(H,63,77)(H,64,81)(H,65,75)(H,66,80)(H,67,78)(H,68,79)(H,84,85)(H4,54,55,58)(H4,56,57,59)/t28-,30+,31+,32+,33+,34+,35+,36+,37+,39+,40+/m1/s1. The van der Waals surface area contributed by atoms with Gasteiger partial charge in [-0.1, -0.05) is 58.0 Å². The summed E-state index contributed by atoms with van der Waals surface area (Å²) in [7, 11) is 0. The highest BCUT2D eigenvalue weighted by Gasteiger charge is 2.40. The summed E-state index contributed by atoms with van der Waals surface area (Å²) in [6.45, 7) is 4.52. The molecule has 1 aliphatic rings. The maximum absolute atomic E-state index is 14.5. The minimum Gasteiger partial charge on any atom is -0.480 e. The van der Waals surface area contributed by atoms with E-state index in [-0.39, 0.29) is 76.5 Å². The fourth-order valence-electron chi connectivity index (χ4n) is 8.64. The van der Waals surface area contributed by atoms with E-state index in [1.165, 1.54) is 4.90 Å². The van der Waals surface area contributed by atoms with Crippen molar-refractivity contribution < 1.29 is 78.3 Å². The lowest BCUT2D eigenvalue weighted by atomic mass is 9.99. The summed E-state index contributed by atoms with van der Waals surface area (Å²) in [6, 6.07) is -6.20. The number of aliphatic hydroxyl groups is 4. The lowest BCUT2D eigenvalue weighted by Crippen LogP contribution is -2.61. The fourth-order valence-corrected chi connectivity index (χ4v) is 8.64. The number of likely N-dealkylation sites (tertiary alicyclic amines) is 1. The van der Waals surface area contributed by atoms with Crippen molar-refractivity contribution in [3.8, 4) is 0 Å². The number of rotatable bonds is 37. The third-order valence-electron chi connectivity index (χ3n) is 13.2. The molecule has 476 valence electrons. The third-order valence-corrected chi connectivity index (χ3v) is 13.2. The molecule has 0 saturated carbocycles. The monoisotopic (exact) mass is 1210 g/mol. The molecule has 0 bridgehead atoms. The number of nitrogens with zero attached hydrogens (tertiary/aromatic N) is 1. The first-order chi connectivity index (χ1) is 40.0. The number of carbonyl (C=O) groups excluding carboxylic acids is 10. The Morgan fingerprint density at radius 3 is 1.62 bits per heavy atom. The Morgan fingerprint density at radius 1 is 0.600 bits per heavy atom. The van der Waals surface area contributed by atoms with Crippen molar-refractivity contribution in [2.45, 2.75) is 153 Å². The number of carboxylic acids is 1. The predicted octanol–water partition coefficient (Wildman–Crippen LogP) is -7.79. The molecule has 0 unspecified atom stereocenters. The molecule has 1 aromatic rings. The van der Waals surface area contributed by atoms with E-state index in [2.05, 4.69) is 58.5 Å². The van der Waals surface area contributed by atoms with E-state index in [1.807, 2.05) is 0 Å². The molecule has 85 heavy (non-hydrogen) atoms. The van der Waals surface area contributed by atoms with Gasteiger partial charge in [0.2, 0.25) is 59.1 Å². The lowest BCUT2D eigenvalue weighted by molar-refractivity contribution is -0.143. The maximum atomic E-state index is 14.5. The molecule has 2 rings (SSSR count). The van der Waals surface area contributed by atoms with E-state index in [9.17, 15) is 78.3 Å². The molecule has 33 nitrogen and oxygen atoms in total. The van der Waals surface area contributed by atoms with Crippen LogP contribution in [0.2, 0.25) is 0 Å². The number of hydrogen-bond donors (Lipinski definition) is 21. The van der Waals surface area contributed by atoms with Gasteiger partial charge in [0.15, 0.2) is 11.9 Å². The highest BCUT2D eigenvalue weighted by molar-refractivity contribution is 5.99. The predicted molar refractivity (Wildman–Crippen MR) is 304 cm³/mol. The van der Waals surface area contributed by atoms with Crippen molar-refractivity contribution in [3.05, 3.63) is 35.9 Å². The molecule has 24 N–H and O–H groups in total. The Morgan fingerprint density at radius 2 is 1.11 bits per heavy atom. The summed E-state index contributed by atoms with van der Waals surface area (Å²) in [4.78, 5) is 149. The van der Waals surface area contributed by atoms with Gasteiger partial charge < -0.3 is 106 Å². The minimum absolute atomic E-state index is 0.0107. The van der Waals surface area contributed by atoms with E-state index >= 15 is 0 Å². The number of aliphatic hydroxyl groups excluding tert-OH is 4. The van der Waals surface area contributed by atoms with Crippen LogP contribution >= 0.6 is 0 Å². The third kappa shape index (κ3) is 25.6. The largest absolute Gasteiger partial charge is 0.480 e. The highest BCUT2D eigenvalue weighted by atomic mass is 16.4. The molecule has 1 heterocycles. The second-order valence-corrected chi connectivity index (χ2v) is 21.1. The van der Waals surface area contributed by atoms with Crippen molar-refractivity contribution in [2.24, 2.45) is 29.0 Å². The van der Waals surface area contributed by atoms with Crippen LogP contribution in [0.4, 0.5) is 0 Å². The molecule has 1 saturated heterocycles. The first-order valence-corrected chi connectivity index (χ1v) is 27.7. The Bertz CT molecular complexity index is 2450. The molecule has 0 aromatic heterocycles. The number of aliphatic carboxylic acids is 1. The van der Waals surface area contributed by atoms with Crippen molar-refractivity contribution >= 4 is 77.0 Å². The number of hydrogen-bond acceptors (Lipinski definition) is 18. The Balaban J connectivity index is 2.29. The molecule has 11 atom stereocenters. The summed E-state index contributed by atoms with van der Waals surface area (Å²) in [5.41, 5.74) is 16.7. The van der Waals surface area contributed by atoms with Gasteiger partial charge in [-0.25, -0.2) is 4.79 Å². The summed E-state index contributed by atoms with van der Waals surface area (Å²) in [6.07, 6.45) is -1.20. The van der Waals surface area contributed by atoms with E-state index in [1.54, 1.807) is 58.0 Å². The van der Waals surface area contributed by atoms with Gasteiger partial charge in [0.1, 0.15) is 60.4 Å². The van der Waals surface area contributed by atoms with Crippen LogP contribution in [-0.4, -0.2) is 220 Å². The normalized spacial score (nSPS) is 16.4. The number of benzene rings is 1. The molecular weight excluding hydrogens is 1120 g/mol. The van der Waals surface area contributed by atoms with Gasteiger partial charge in [-0.05, 0) is 69.3 Å². The molecule has 1 fully saturated rings. The van der Waals surface area contributed by atoms with Gasteiger partial charge >= 0.3 is 5.97 Å². The van der Waals surface area contributed by atoms with Crippen LogP contribution in [0.5, 0.6) is 0 Å². The van der Waals surface area contributed by atoms with Crippen LogP contribution in [0.25, 0.3) is 0 Å². The van der Waals surface area contributed by atoms with Crippen molar-refractivity contribution in [1.82, 2.24) is 63.4 Å². The Kier molecular flexibility index (Phi) is 31.8. The van der Waals surface area contributed by atoms with Gasteiger partial charge in [0.05, 0.1) is 32.5 Å². The second-order valence-electron chi connectivity index (χ2n) is 21.1. The lowest BCUT2D eigenvalue weighted by Gasteiger charge is -2.30. The zero-order valence-corrected chi connectivity index (χ0v) is 48.4. The molecule has 1 aliphatic heterocycles. The van der Waals surface area contributed by atoms with Gasteiger partial charge in [0, 0.05) is 26.1 Å². The van der Waals surface area contributed by atoms with Crippen molar-refractivity contribution in [1.29, 1.82) is 10.8 Å². The number of nitrogens with two attached hydrogens (primary N) is 3. The smallest absolute Gasteiger partial charge is 0.326 e. The minimum atomic E-state index is -1.79. The Labute approximate surface area is 491 Å². The van der Waals surface area contributed by atoms with E-state index in [0.717, 1.165) is 6.92 Å². The van der Waals surface area contributed by atoms with E-state index < -0.39 is 170 Å². The first kappa shape index (κ1) is 72.8. The average Bonchev–Trinajstić information content (AvgIpc) is 3.33. The van der Waals surface area contributed by atoms with Crippen LogP contribution < -0.4 is 75.7 Å². The van der Waals surface area contributed by atoms with Crippen LogP contribution in [-0.2, 0) is 59.2 Å². The summed E-state index contributed by atoms with van der Waals surface area (Å²) in [5, 5.41) is 91.1. The summed E-state index contributed by atoms with van der Waals surface area (Å²) >= 11 is 0. The van der Waals surface area contributed by atoms with E-state index in [4.69, 9.17) is 28.0 Å². The first-order valence-electron chi connectivity index (χ1n) is 27.7. The van der Waals surface area contributed by atoms with E-state index in [0.29, 0.717) is 12.0 Å². The zero-order valence-electron chi connectivity index (χ0n) is 48.4. The topological polar surface area (TPSA) is 550 Å². The van der Waals surface area contributed by atoms with Gasteiger partial charge in [-0.15, -0.1) is 0 Å². The molecular formula is C52H87N17O16. The second kappa shape index (κ2) is 37.1. The molecule has 10 amide bonds. The molecule has 0 radical (unpaired) electrons.